The largest absolute Gasteiger partial charge is 0.497 e. The molecule has 1 saturated heterocycles. The Morgan fingerprint density at radius 1 is 1.38 bits per heavy atom. The number of rotatable bonds is 3. The summed E-state index contributed by atoms with van der Waals surface area (Å²) in [5, 5.41) is 0.694. The van der Waals surface area contributed by atoms with Crippen molar-refractivity contribution in [1.29, 1.82) is 0 Å². The number of thiazole rings is 1. The summed E-state index contributed by atoms with van der Waals surface area (Å²) in [4.78, 5) is 17.7. The van der Waals surface area contributed by atoms with Crippen molar-refractivity contribution in [3.8, 4) is 10.9 Å². The maximum Gasteiger partial charge on any atom is 0.274 e. The lowest BCUT2D eigenvalue weighted by Gasteiger charge is -2.30. The summed E-state index contributed by atoms with van der Waals surface area (Å²) in [6.45, 7) is 3.14. The maximum atomic E-state index is 11.3. The molecule has 5 nitrogen and oxygen atoms in total. The average molecular weight is 306 g/mol. The van der Waals surface area contributed by atoms with E-state index >= 15 is 0 Å². The van der Waals surface area contributed by atoms with Crippen molar-refractivity contribution in [3.05, 3.63) is 18.2 Å². The molecular formula is C15H18N2O3S. The van der Waals surface area contributed by atoms with Crippen molar-refractivity contribution in [2.45, 2.75) is 25.9 Å². The van der Waals surface area contributed by atoms with Gasteiger partial charge >= 0.3 is 0 Å². The van der Waals surface area contributed by atoms with E-state index < -0.39 is 0 Å². The molecule has 2 aromatic rings. The van der Waals surface area contributed by atoms with Crippen LogP contribution in [0.5, 0.6) is 10.9 Å². The van der Waals surface area contributed by atoms with E-state index in [-0.39, 0.29) is 12.0 Å². The molecule has 2 heterocycles. The average Bonchev–Trinajstić information content (AvgIpc) is 2.88. The van der Waals surface area contributed by atoms with Crippen molar-refractivity contribution in [2.75, 3.05) is 20.2 Å². The number of nitrogens with zero attached hydrogens (tertiary/aromatic N) is 2. The smallest absolute Gasteiger partial charge is 0.274 e. The quantitative estimate of drug-likeness (QED) is 0.875. The van der Waals surface area contributed by atoms with Gasteiger partial charge in [0.2, 0.25) is 5.91 Å². The fraction of sp³-hybridized carbons (Fsp3) is 0.467. The van der Waals surface area contributed by atoms with E-state index in [1.807, 2.05) is 23.1 Å². The molecule has 1 amide bonds. The molecule has 21 heavy (non-hydrogen) atoms. The van der Waals surface area contributed by atoms with Crippen LogP contribution in [0.2, 0.25) is 0 Å². The van der Waals surface area contributed by atoms with E-state index in [0.717, 1.165) is 41.9 Å². The fourth-order valence-corrected chi connectivity index (χ4v) is 3.36. The van der Waals surface area contributed by atoms with Gasteiger partial charge in [0.1, 0.15) is 11.9 Å². The molecule has 1 aromatic carbocycles. The molecule has 0 aliphatic carbocycles. The number of carbonyl (C=O) groups is 1. The summed E-state index contributed by atoms with van der Waals surface area (Å²) in [7, 11) is 1.65. The number of fused-ring (bicyclic) bond motifs is 1. The lowest BCUT2D eigenvalue weighted by molar-refractivity contribution is -0.130. The van der Waals surface area contributed by atoms with Crippen LogP contribution in [0, 0.1) is 0 Å². The molecule has 1 fully saturated rings. The Hall–Kier alpha value is -1.82. The van der Waals surface area contributed by atoms with E-state index in [4.69, 9.17) is 9.47 Å². The monoisotopic (exact) mass is 306 g/mol. The summed E-state index contributed by atoms with van der Waals surface area (Å²) in [6.07, 6.45) is 1.86. The van der Waals surface area contributed by atoms with Gasteiger partial charge in [0, 0.05) is 38.9 Å². The predicted molar refractivity (Wildman–Crippen MR) is 82.1 cm³/mol. The van der Waals surface area contributed by atoms with Crippen molar-refractivity contribution >= 4 is 27.5 Å². The Kier molecular flexibility index (Phi) is 3.96. The van der Waals surface area contributed by atoms with Crippen LogP contribution in [-0.2, 0) is 4.79 Å². The van der Waals surface area contributed by atoms with Gasteiger partial charge in [-0.15, -0.1) is 0 Å². The number of hydrogen-bond donors (Lipinski definition) is 0. The minimum atomic E-state index is 0.139. The number of ether oxygens (including phenoxy) is 2. The summed E-state index contributed by atoms with van der Waals surface area (Å²) in [5.41, 5.74) is 0.899. The highest BCUT2D eigenvalue weighted by atomic mass is 32.1. The molecule has 0 saturated carbocycles. The molecule has 0 spiro atoms. The van der Waals surface area contributed by atoms with Crippen LogP contribution in [0.1, 0.15) is 19.8 Å². The summed E-state index contributed by atoms with van der Waals surface area (Å²) in [5.74, 6) is 0.939. The van der Waals surface area contributed by atoms with Crippen LogP contribution < -0.4 is 9.47 Å². The number of amides is 1. The first-order valence-corrected chi connectivity index (χ1v) is 7.84. The maximum absolute atomic E-state index is 11.3. The molecule has 1 aromatic heterocycles. The van der Waals surface area contributed by atoms with Gasteiger partial charge in [-0.25, -0.2) is 4.98 Å². The van der Waals surface area contributed by atoms with Gasteiger partial charge in [-0.05, 0) is 12.1 Å². The third kappa shape index (κ3) is 3.10. The molecule has 0 unspecified atom stereocenters. The Labute approximate surface area is 127 Å². The van der Waals surface area contributed by atoms with Crippen molar-refractivity contribution < 1.29 is 14.3 Å². The Morgan fingerprint density at radius 3 is 2.81 bits per heavy atom. The molecule has 0 bridgehead atoms. The van der Waals surface area contributed by atoms with Crippen LogP contribution >= 0.6 is 11.3 Å². The number of aromatic nitrogens is 1. The zero-order valence-corrected chi connectivity index (χ0v) is 13.0. The van der Waals surface area contributed by atoms with Gasteiger partial charge in [0.15, 0.2) is 0 Å². The van der Waals surface area contributed by atoms with Crippen molar-refractivity contribution in [3.63, 3.8) is 0 Å². The van der Waals surface area contributed by atoms with E-state index in [0.29, 0.717) is 5.19 Å². The molecule has 3 rings (SSSR count). The first kappa shape index (κ1) is 14.1. The zero-order chi connectivity index (χ0) is 14.8. The Balaban J connectivity index is 1.67. The highest BCUT2D eigenvalue weighted by Crippen LogP contribution is 2.31. The van der Waals surface area contributed by atoms with Crippen molar-refractivity contribution in [1.82, 2.24) is 9.88 Å². The molecule has 112 valence electrons. The van der Waals surface area contributed by atoms with Crippen molar-refractivity contribution in [2.24, 2.45) is 0 Å². The van der Waals surface area contributed by atoms with Gasteiger partial charge < -0.3 is 14.4 Å². The highest BCUT2D eigenvalue weighted by molar-refractivity contribution is 7.20. The van der Waals surface area contributed by atoms with Gasteiger partial charge in [-0.2, -0.15) is 0 Å². The number of hydrogen-bond acceptors (Lipinski definition) is 5. The molecule has 6 heteroatoms. The Morgan fingerprint density at radius 2 is 2.14 bits per heavy atom. The van der Waals surface area contributed by atoms with Crippen LogP contribution in [0.25, 0.3) is 10.2 Å². The van der Waals surface area contributed by atoms with E-state index in [9.17, 15) is 4.79 Å². The predicted octanol–water partition coefficient (Wildman–Crippen LogP) is 2.69. The SMILES string of the molecule is COc1ccc2sc(OC3CCN(C(C)=O)CC3)nc2c1. The summed E-state index contributed by atoms with van der Waals surface area (Å²) < 4.78 is 12.3. The van der Waals surface area contributed by atoms with Gasteiger partial charge in [-0.1, -0.05) is 11.3 Å². The second-order valence-electron chi connectivity index (χ2n) is 5.14. The number of carbonyl (C=O) groups excluding carboxylic acids is 1. The molecule has 0 atom stereocenters. The first-order valence-electron chi connectivity index (χ1n) is 7.02. The summed E-state index contributed by atoms with van der Waals surface area (Å²) >= 11 is 1.55. The van der Waals surface area contributed by atoms with E-state index in [1.54, 1.807) is 25.4 Å². The number of benzene rings is 1. The molecule has 1 aliphatic rings. The third-order valence-electron chi connectivity index (χ3n) is 3.73. The van der Waals surface area contributed by atoms with Crippen LogP contribution in [0.3, 0.4) is 0 Å². The number of methoxy groups -OCH3 is 1. The normalized spacial score (nSPS) is 16.2. The number of likely N-dealkylation sites (tertiary alicyclic amines) is 1. The van der Waals surface area contributed by atoms with Crippen LogP contribution in [0.4, 0.5) is 0 Å². The topological polar surface area (TPSA) is 51.7 Å². The molecule has 1 aliphatic heterocycles. The minimum absolute atomic E-state index is 0.139. The first-order chi connectivity index (χ1) is 10.2. The standard InChI is InChI=1S/C15H18N2O3S/c1-10(18)17-7-5-11(6-8-17)20-15-16-13-9-12(19-2)3-4-14(13)21-15/h3-4,9,11H,5-8H2,1-2H3. The second-order valence-corrected chi connectivity index (χ2v) is 6.13. The zero-order valence-electron chi connectivity index (χ0n) is 12.2. The lowest BCUT2D eigenvalue weighted by atomic mass is 10.1. The van der Waals surface area contributed by atoms with Gasteiger partial charge in [0.05, 0.1) is 17.3 Å². The minimum Gasteiger partial charge on any atom is -0.497 e. The van der Waals surface area contributed by atoms with Gasteiger partial charge in [0.25, 0.3) is 5.19 Å². The van der Waals surface area contributed by atoms with Crippen LogP contribution in [0.15, 0.2) is 18.2 Å². The third-order valence-corrected chi connectivity index (χ3v) is 4.66. The number of piperidine rings is 1. The molecule has 0 radical (unpaired) electrons. The van der Waals surface area contributed by atoms with E-state index in [2.05, 4.69) is 4.98 Å². The second kappa shape index (κ2) is 5.89. The van der Waals surface area contributed by atoms with E-state index in [1.165, 1.54) is 0 Å². The fourth-order valence-electron chi connectivity index (χ4n) is 2.49. The molecule has 0 N–H and O–H groups in total. The van der Waals surface area contributed by atoms with Gasteiger partial charge in [-0.3, -0.25) is 4.79 Å². The lowest BCUT2D eigenvalue weighted by Crippen LogP contribution is -2.40. The molecular weight excluding hydrogens is 288 g/mol. The Bertz CT molecular complexity index is 647. The summed E-state index contributed by atoms with van der Waals surface area (Å²) in [6, 6.07) is 5.84. The highest BCUT2D eigenvalue weighted by Gasteiger charge is 2.22. The van der Waals surface area contributed by atoms with Crippen LogP contribution in [-0.4, -0.2) is 42.1 Å².